The summed E-state index contributed by atoms with van der Waals surface area (Å²) in [5.74, 6) is -1.07. The minimum absolute atomic E-state index is 0.128. The molecule has 15 heavy (non-hydrogen) atoms. The van der Waals surface area contributed by atoms with Gasteiger partial charge < -0.3 is 9.84 Å². The number of carboxylic acid groups (broad SMARTS) is 1. The van der Waals surface area contributed by atoms with Gasteiger partial charge in [0.25, 0.3) is 0 Å². The second-order valence-corrected chi connectivity index (χ2v) is 3.98. The van der Waals surface area contributed by atoms with Gasteiger partial charge in [-0.05, 0) is 24.8 Å². The van der Waals surface area contributed by atoms with Crippen LogP contribution in [-0.2, 0) is 14.3 Å². The molecular weight excluding hydrogens is 196 g/mol. The summed E-state index contributed by atoms with van der Waals surface area (Å²) in [5, 5.41) is 8.96. The van der Waals surface area contributed by atoms with E-state index in [0.717, 1.165) is 12.5 Å². The number of aliphatic carboxylic acids is 1. The minimum atomic E-state index is -0.803. The zero-order valence-electron chi connectivity index (χ0n) is 8.18. The van der Waals surface area contributed by atoms with E-state index in [1.165, 1.54) is 0 Å². The molecular formula is C11H12O4. The number of carbonyl (C=O) groups is 2. The van der Waals surface area contributed by atoms with E-state index < -0.39 is 17.9 Å². The highest BCUT2D eigenvalue weighted by Gasteiger charge is 2.46. The summed E-state index contributed by atoms with van der Waals surface area (Å²) in [7, 11) is 0. The molecule has 2 rings (SSSR count). The van der Waals surface area contributed by atoms with Crippen molar-refractivity contribution in [1.82, 2.24) is 0 Å². The fourth-order valence-electron chi connectivity index (χ4n) is 2.42. The van der Waals surface area contributed by atoms with Crippen molar-refractivity contribution >= 4 is 11.9 Å². The first-order valence-corrected chi connectivity index (χ1v) is 4.90. The Morgan fingerprint density at radius 1 is 1.53 bits per heavy atom. The van der Waals surface area contributed by atoms with E-state index in [2.05, 4.69) is 6.58 Å². The number of rotatable bonds is 3. The van der Waals surface area contributed by atoms with Crippen molar-refractivity contribution in [3.05, 3.63) is 24.5 Å². The summed E-state index contributed by atoms with van der Waals surface area (Å²) in [6.45, 7) is 3.30. The van der Waals surface area contributed by atoms with Crippen LogP contribution in [0.25, 0.3) is 0 Å². The Morgan fingerprint density at radius 3 is 2.80 bits per heavy atom. The summed E-state index contributed by atoms with van der Waals surface area (Å²) in [6, 6.07) is 0. The SMILES string of the molecule is C=CC(=O)OC1=CC2CC(C(=O)O)C1C2. The Labute approximate surface area is 87.2 Å². The van der Waals surface area contributed by atoms with E-state index in [0.29, 0.717) is 12.2 Å². The summed E-state index contributed by atoms with van der Waals surface area (Å²) >= 11 is 0. The first-order chi connectivity index (χ1) is 7.11. The van der Waals surface area contributed by atoms with Gasteiger partial charge >= 0.3 is 11.9 Å². The number of allylic oxidation sites excluding steroid dienone is 2. The molecule has 4 nitrogen and oxygen atoms in total. The van der Waals surface area contributed by atoms with Crippen LogP contribution in [0.4, 0.5) is 0 Å². The van der Waals surface area contributed by atoms with Gasteiger partial charge in [-0.1, -0.05) is 6.58 Å². The molecule has 0 spiro atoms. The highest BCUT2D eigenvalue weighted by molar-refractivity contribution is 5.82. The van der Waals surface area contributed by atoms with Gasteiger partial charge in [0.1, 0.15) is 5.76 Å². The number of carbonyl (C=O) groups excluding carboxylic acids is 1. The molecule has 0 heterocycles. The number of esters is 1. The lowest BCUT2D eigenvalue weighted by Gasteiger charge is -2.18. The molecule has 1 saturated carbocycles. The molecule has 2 aliphatic carbocycles. The summed E-state index contributed by atoms with van der Waals surface area (Å²) in [5.41, 5.74) is 0. The predicted octanol–water partition coefficient (Wildman–Crippen LogP) is 1.34. The predicted molar refractivity (Wildman–Crippen MR) is 51.7 cm³/mol. The quantitative estimate of drug-likeness (QED) is 0.561. The molecule has 0 aromatic heterocycles. The molecule has 0 saturated heterocycles. The van der Waals surface area contributed by atoms with Crippen LogP contribution in [0.1, 0.15) is 12.8 Å². The van der Waals surface area contributed by atoms with Gasteiger partial charge in [0.05, 0.1) is 5.92 Å². The summed E-state index contributed by atoms with van der Waals surface area (Å²) < 4.78 is 5.02. The van der Waals surface area contributed by atoms with E-state index >= 15 is 0 Å². The summed E-state index contributed by atoms with van der Waals surface area (Å²) in [6.07, 6.45) is 4.40. The molecule has 3 unspecified atom stereocenters. The van der Waals surface area contributed by atoms with E-state index in [1.807, 2.05) is 6.08 Å². The molecule has 0 aromatic carbocycles. The maximum atomic E-state index is 11.0. The zero-order chi connectivity index (χ0) is 11.0. The largest absolute Gasteiger partial charge is 0.481 e. The zero-order valence-corrected chi connectivity index (χ0v) is 8.18. The first kappa shape index (κ1) is 9.96. The fourth-order valence-corrected chi connectivity index (χ4v) is 2.42. The Kier molecular flexibility index (Phi) is 2.34. The van der Waals surface area contributed by atoms with E-state index in [4.69, 9.17) is 9.84 Å². The third-order valence-electron chi connectivity index (χ3n) is 3.07. The Hall–Kier alpha value is -1.58. The monoisotopic (exact) mass is 208 g/mol. The van der Waals surface area contributed by atoms with Gasteiger partial charge in [0.2, 0.25) is 0 Å². The molecule has 80 valence electrons. The van der Waals surface area contributed by atoms with Crippen LogP contribution in [0.5, 0.6) is 0 Å². The topological polar surface area (TPSA) is 63.6 Å². The van der Waals surface area contributed by atoms with E-state index in [-0.39, 0.29) is 11.8 Å². The molecule has 2 aliphatic rings. The summed E-state index contributed by atoms with van der Waals surface area (Å²) in [4.78, 5) is 21.9. The number of ether oxygens (including phenoxy) is 1. The van der Waals surface area contributed by atoms with Gasteiger partial charge in [-0.3, -0.25) is 4.79 Å². The van der Waals surface area contributed by atoms with Crippen LogP contribution in [-0.4, -0.2) is 17.0 Å². The third-order valence-corrected chi connectivity index (χ3v) is 3.07. The number of hydrogen-bond donors (Lipinski definition) is 1. The molecule has 2 bridgehead atoms. The molecule has 1 fully saturated rings. The standard InChI is InChI=1S/C11H12O4/c1-2-10(12)15-9-5-6-3-7(9)8(4-6)11(13)14/h2,5-8H,1,3-4H2,(H,13,14). The first-order valence-electron chi connectivity index (χ1n) is 4.90. The maximum absolute atomic E-state index is 11.0. The molecule has 1 N–H and O–H groups in total. The second kappa shape index (κ2) is 3.53. The van der Waals surface area contributed by atoms with Gasteiger partial charge in [-0.15, -0.1) is 0 Å². The molecule has 0 amide bonds. The maximum Gasteiger partial charge on any atom is 0.335 e. The molecule has 4 heteroatoms. The number of fused-ring (bicyclic) bond motifs is 2. The van der Waals surface area contributed by atoms with Crippen molar-refractivity contribution in [2.45, 2.75) is 12.8 Å². The highest BCUT2D eigenvalue weighted by atomic mass is 16.5. The van der Waals surface area contributed by atoms with Crippen molar-refractivity contribution in [1.29, 1.82) is 0 Å². The lowest BCUT2D eigenvalue weighted by molar-refractivity contribution is -0.144. The van der Waals surface area contributed by atoms with Crippen LogP contribution in [0.3, 0.4) is 0 Å². The van der Waals surface area contributed by atoms with Gasteiger partial charge in [-0.2, -0.15) is 0 Å². The van der Waals surface area contributed by atoms with Gasteiger partial charge in [0.15, 0.2) is 0 Å². The third kappa shape index (κ3) is 1.67. The normalized spacial score (nSPS) is 32.3. The minimum Gasteiger partial charge on any atom is -0.481 e. The van der Waals surface area contributed by atoms with Crippen LogP contribution in [0, 0.1) is 17.8 Å². The molecule has 3 atom stereocenters. The van der Waals surface area contributed by atoms with Crippen LogP contribution in [0.2, 0.25) is 0 Å². The van der Waals surface area contributed by atoms with Gasteiger partial charge in [0, 0.05) is 12.0 Å². The lowest BCUT2D eigenvalue weighted by Crippen LogP contribution is -2.22. The second-order valence-electron chi connectivity index (χ2n) is 3.98. The Morgan fingerprint density at radius 2 is 2.27 bits per heavy atom. The Balaban J connectivity index is 2.10. The Bertz CT molecular complexity index is 356. The molecule has 0 aromatic rings. The van der Waals surface area contributed by atoms with Crippen LogP contribution in [0.15, 0.2) is 24.5 Å². The lowest BCUT2D eigenvalue weighted by atomic mass is 9.92. The average Bonchev–Trinajstić information content (AvgIpc) is 2.76. The number of hydrogen-bond acceptors (Lipinski definition) is 3. The van der Waals surface area contributed by atoms with Crippen LogP contribution >= 0.6 is 0 Å². The fraction of sp³-hybridized carbons (Fsp3) is 0.455. The smallest absolute Gasteiger partial charge is 0.335 e. The molecule has 0 aliphatic heterocycles. The van der Waals surface area contributed by atoms with E-state index in [9.17, 15) is 9.59 Å². The van der Waals surface area contributed by atoms with Crippen molar-refractivity contribution < 1.29 is 19.4 Å². The average molecular weight is 208 g/mol. The van der Waals surface area contributed by atoms with E-state index in [1.54, 1.807) is 0 Å². The van der Waals surface area contributed by atoms with Crippen LogP contribution < -0.4 is 0 Å². The number of carboxylic acids is 1. The highest BCUT2D eigenvalue weighted by Crippen LogP contribution is 2.48. The van der Waals surface area contributed by atoms with Crippen molar-refractivity contribution in [2.24, 2.45) is 17.8 Å². The van der Waals surface area contributed by atoms with Gasteiger partial charge in [-0.25, -0.2) is 4.79 Å². The molecule has 0 radical (unpaired) electrons. The van der Waals surface area contributed by atoms with Crippen molar-refractivity contribution in [2.75, 3.05) is 0 Å². The van der Waals surface area contributed by atoms with Crippen molar-refractivity contribution in [3.8, 4) is 0 Å². The van der Waals surface area contributed by atoms with Crippen molar-refractivity contribution in [3.63, 3.8) is 0 Å².